The normalized spacial score (nSPS) is 12.1. The second kappa shape index (κ2) is 10.4. The van der Waals surface area contributed by atoms with Crippen LogP contribution in [-0.4, -0.2) is 20.3 Å². The van der Waals surface area contributed by atoms with Gasteiger partial charge in [-0.1, -0.05) is 55.2 Å². The molecular weight excluding hydrogens is 439 g/mol. The lowest BCUT2D eigenvalue weighted by molar-refractivity contribution is -0.107. The number of rotatable bonds is 9. The average Bonchev–Trinajstić information content (AvgIpc) is 3.07. The van der Waals surface area contributed by atoms with E-state index in [2.05, 4.69) is 13.8 Å². The third-order valence-electron chi connectivity index (χ3n) is 5.01. The van der Waals surface area contributed by atoms with Gasteiger partial charge in [-0.25, -0.2) is 0 Å². The molecule has 2 aromatic carbocycles. The molecular formula is C23H24Cl2N2O2S. The molecule has 0 N–H and O–H groups in total. The molecule has 1 atom stereocenters. The molecule has 4 nitrogen and oxygen atoms in total. The zero-order valence-electron chi connectivity index (χ0n) is 17.0. The van der Waals surface area contributed by atoms with Crippen molar-refractivity contribution in [2.24, 2.45) is 0 Å². The smallest absolute Gasteiger partial charge is 0.124 e. The molecule has 0 aliphatic carbocycles. The number of aryl methyl sites for hydroxylation is 1. The van der Waals surface area contributed by atoms with Gasteiger partial charge < -0.3 is 4.79 Å². The zero-order valence-corrected chi connectivity index (χ0v) is 19.4. The van der Waals surface area contributed by atoms with Crippen LogP contribution in [0.3, 0.4) is 0 Å². The summed E-state index contributed by atoms with van der Waals surface area (Å²) < 4.78 is 14.7. The first-order valence-corrected chi connectivity index (χ1v) is 12.0. The monoisotopic (exact) mass is 462 g/mol. The van der Waals surface area contributed by atoms with E-state index in [-0.39, 0.29) is 0 Å². The van der Waals surface area contributed by atoms with Crippen LogP contribution < -0.4 is 0 Å². The van der Waals surface area contributed by atoms with Crippen molar-refractivity contribution in [2.45, 2.75) is 50.3 Å². The lowest BCUT2D eigenvalue weighted by atomic mass is 10.1. The molecule has 0 radical (unpaired) electrons. The molecule has 158 valence electrons. The maximum Gasteiger partial charge on any atom is 0.124 e. The number of nitrogens with zero attached hydrogens (tertiary/aromatic N) is 2. The molecule has 0 aliphatic rings. The summed E-state index contributed by atoms with van der Waals surface area (Å²) in [6, 6.07) is 13.1. The Morgan fingerprint density at radius 1 is 1.00 bits per heavy atom. The molecule has 3 aromatic rings. The van der Waals surface area contributed by atoms with Crippen LogP contribution in [0, 0.1) is 0 Å². The summed E-state index contributed by atoms with van der Waals surface area (Å²) in [6.07, 6.45) is 2.97. The molecule has 1 aromatic heterocycles. The van der Waals surface area contributed by atoms with Crippen molar-refractivity contribution in [3.8, 4) is 0 Å². The summed E-state index contributed by atoms with van der Waals surface area (Å²) in [6.45, 7) is 4.75. The first kappa shape index (κ1) is 22.7. The Morgan fingerprint density at radius 3 is 2.30 bits per heavy atom. The van der Waals surface area contributed by atoms with E-state index in [0.29, 0.717) is 28.8 Å². The molecule has 0 saturated carbocycles. The molecule has 1 unspecified atom stereocenters. The second-order valence-corrected chi connectivity index (χ2v) is 9.26. The predicted octanol–water partition coefficient (Wildman–Crippen LogP) is 5.41. The summed E-state index contributed by atoms with van der Waals surface area (Å²) in [5, 5.41) is 5.67. The summed E-state index contributed by atoms with van der Waals surface area (Å²) in [4.78, 5) is 11.8. The fraction of sp³-hybridized carbons (Fsp3) is 0.304. The van der Waals surface area contributed by atoms with E-state index in [1.165, 1.54) is 0 Å². The Kier molecular flexibility index (Phi) is 7.87. The molecule has 7 heteroatoms. The lowest BCUT2D eigenvalue weighted by Crippen LogP contribution is -2.07. The largest absolute Gasteiger partial charge is 0.303 e. The SMILES string of the molecule is CCc1nn(Cc2ccc(S(=O)Cc3ccc(Cl)c(Cl)c3)cc2)c(CC)c1CC=O. The highest BCUT2D eigenvalue weighted by Crippen LogP contribution is 2.24. The Balaban J connectivity index is 1.75. The van der Waals surface area contributed by atoms with Gasteiger partial charge in [0, 0.05) is 22.6 Å². The third-order valence-corrected chi connectivity index (χ3v) is 7.14. The van der Waals surface area contributed by atoms with Gasteiger partial charge in [0.15, 0.2) is 0 Å². The lowest BCUT2D eigenvalue weighted by Gasteiger charge is -2.09. The van der Waals surface area contributed by atoms with Crippen molar-refractivity contribution in [3.05, 3.63) is 80.6 Å². The van der Waals surface area contributed by atoms with Gasteiger partial charge in [-0.3, -0.25) is 8.89 Å². The highest BCUT2D eigenvalue weighted by molar-refractivity contribution is 7.84. The minimum Gasteiger partial charge on any atom is -0.303 e. The van der Waals surface area contributed by atoms with Crippen molar-refractivity contribution in [1.29, 1.82) is 0 Å². The van der Waals surface area contributed by atoms with E-state index in [9.17, 15) is 9.00 Å². The van der Waals surface area contributed by atoms with Gasteiger partial charge >= 0.3 is 0 Å². The van der Waals surface area contributed by atoms with Crippen molar-refractivity contribution >= 4 is 40.3 Å². The van der Waals surface area contributed by atoms with E-state index in [1.807, 2.05) is 35.0 Å². The number of carbonyl (C=O) groups is 1. The number of hydrogen-bond donors (Lipinski definition) is 0. The number of hydrogen-bond acceptors (Lipinski definition) is 3. The summed E-state index contributed by atoms with van der Waals surface area (Å²) in [7, 11) is -1.18. The van der Waals surface area contributed by atoms with Crippen molar-refractivity contribution in [3.63, 3.8) is 0 Å². The quantitative estimate of drug-likeness (QED) is 0.399. The fourth-order valence-electron chi connectivity index (χ4n) is 3.50. The molecule has 0 saturated heterocycles. The van der Waals surface area contributed by atoms with Crippen LogP contribution in [0.2, 0.25) is 10.0 Å². The Bertz CT molecular complexity index is 1060. The minimum absolute atomic E-state index is 0.379. The Morgan fingerprint density at radius 2 is 1.70 bits per heavy atom. The number of benzene rings is 2. The Hall–Kier alpha value is -1.95. The van der Waals surface area contributed by atoms with Gasteiger partial charge in [0.05, 0.1) is 38.8 Å². The van der Waals surface area contributed by atoms with E-state index in [4.69, 9.17) is 28.3 Å². The summed E-state index contributed by atoms with van der Waals surface area (Å²) in [5.41, 5.74) is 5.09. The molecule has 0 bridgehead atoms. The van der Waals surface area contributed by atoms with Gasteiger partial charge in [0.25, 0.3) is 0 Å². The molecule has 1 heterocycles. The van der Waals surface area contributed by atoms with E-state index >= 15 is 0 Å². The van der Waals surface area contributed by atoms with Crippen molar-refractivity contribution < 1.29 is 9.00 Å². The predicted molar refractivity (Wildman–Crippen MR) is 123 cm³/mol. The fourth-order valence-corrected chi connectivity index (χ4v) is 4.91. The average molecular weight is 463 g/mol. The van der Waals surface area contributed by atoms with Gasteiger partial charge in [0.1, 0.15) is 6.29 Å². The van der Waals surface area contributed by atoms with E-state index in [1.54, 1.807) is 12.1 Å². The topological polar surface area (TPSA) is 52.0 Å². The van der Waals surface area contributed by atoms with E-state index in [0.717, 1.165) is 52.1 Å². The maximum absolute atomic E-state index is 12.7. The number of halogens is 2. The minimum atomic E-state index is -1.18. The summed E-state index contributed by atoms with van der Waals surface area (Å²) in [5.74, 6) is 0.379. The van der Waals surface area contributed by atoms with Gasteiger partial charge in [-0.2, -0.15) is 5.10 Å². The molecule has 0 aliphatic heterocycles. The molecule has 0 amide bonds. The molecule has 3 rings (SSSR count). The third kappa shape index (κ3) is 5.20. The molecule has 0 fully saturated rings. The second-order valence-electron chi connectivity index (χ2n) is 6.99. The highest BCUT2D eigenvalue weighted by Gasteiger charge is 2.15. The van der Waals surface area contributed by atoms with Gasteiger partial charge in [0.2, 0.25) is 0 Å². The van der Waals surface area contributed by atoms with Crippen LogP contribution in [0.4, 0.5) is 0 Å². The Labute approximate surface area is 189 Å². The standard InChI is InChI=1S/C23H24Cl2N2O2S/c1-3-22-19(11-12-28)23(4-2)27(26-22)14-16-5-8-18(9-6-16)30(29)15-17-7-10-20(24)21(25)13-17/h5-10,12-13H,3-4,11,14-15H2,1-2H3. The van der Waals surface area contributed by atoms with E-state index < -0.39 is 10.8 Å². The van der Waals surface area contributed by atoms with Gasteiger partial charge in [-0.05, 0) is 48.2 Å². The molecule has 0 spiro atoms. The van der Waals surface area contributed by atoms with Crippen LogP contribution in [-0.2, 0) is 47.2 Å². The number of aromatic nitrogens is 2. The van der Waals surface area contributed by atoms with Gasteiger partial charge in [-0.15, -0.1) is 0 Å². The van der Waals surface area contributed by atoms with Crippen LogP contribution in [0.25, 0.3) is 0 Å². The first-order valence-electron chi connectivity index (χ1n) is 9.89. The van der Waals surface area contributed by atoms with Crippen LogP contribution in [0.1, 0.15) is 41.9 Å². The first-order chi connectivity index (χ1) is 14.5. The van der Waals surface area contributed by atoms with Crippen LogP contribution in [0.15, 0.2) is 47.4 Å². The van der Waals surface area contributed by atoms with Crippen molar-refractivity contribution in [2.75, 3.05) is 0 Å². The number of carbonyl (C=O) groups excluding carboxylic acids is 1. The number of aldehydes is 1. The summed E-state index contributed by atoms with van der Waals surface area (Å²) >= 11 is 12.0. The van der Waals surface area contributed by atoms with Crippen molar-refractivity contribution in [1.82, 2.24) is 9.78 Å². The zero-order chi connectivity index (χ0) is 21.7. The molecule has 30 heavy (non-hydrogen) atoms. The van der Waals surface area contributed by atoms with Crippen LogP contribution in [0.5, 0.6) is 0 Å². The van der Waals surface area contributed by atoms with Crippen LogP contribution >= 0.6 is 23.2 Å². The highest BCUT2D eigenvalue weighted by atomic mass is 35.5. The maximum atomic E-state index is 12.7.